The van der Waals surface area contributed by atoms with Gasteiger partial charge >= 0.3 is 0 Å². The topological polar surface area (TPSA) is 57.8 Å². The van der Waals surface area contributed by atoms with Crippen molar-refractivity contribution in [3.63, 3.8) is 0 Å². The number of aromatic nitrogens is 5. The van der Waals surface area contributed by atoms with Crippen LogP contribution in [0.2, 0.25) is 0 Å². The van der Waals surface area contributed by atoms with Crippen LogP contribution in [0.4, 0.5) is 0 Å². The van der Waals surface area contributed by atoms with E-state index in [1.165, 1.54) is 16.8 Å². The van der Waals surface area contributed by atoms with Crippen LogP contribution in [0.25, 0.3) is 0 Å². The lowest BCUT2D eigenvalue weighted by atomic mass is 10.2. The molecule has 3 aromatic rings. The summed E-state index contributed by atoms with van der Waals surface area (Å²) in [5.74, 6) is 3.04. The number of ether oxygens (including phenoxy) is 1. The summed E-state index contributed by atoms with van der Waals surface area (Å²) >= 11 is 1.70. The van der Waals surface area contributed by atoms with Gasteiger partial charge < -0.3 is 9.30 Å². The molecule has 0 fully saturated rings. The molecule has 0 amide bonds. The second kappa shape index (κ2) is 9.28. The van der Waals surface area contributed by atoms with E-state index in [2.05, 4.69) is 59.7 Å². The van der Waals surface area contributed by atoms with Gasteiger partial charge in [-0.25, -0.2) is 0 Å². The summed E-state index contributed by atoms with van der Waals surface area (Å²) in [5, 5.41) is 14.1. The maximum absolute atomic E-state index is 5.97. The SMILES string of the molecule is CCc1ccc(OCc2nnc(SCc3cnn(C)c3C)n2CC(C)C)cc1. The zero-order valence-corrected chi connectivity index (χ0v) is 18.2. The van der Waals surface area contributed by atoms with Crippen molar-refractivity contribution in [2.24, 2.45) is 13.0 Å². The van der Waals surface area contributed by atoms with Crippen molar-refractivity contribution in [1.82, 2.24) is 24.5 Å². The van der Waals surface area contributed by atoms with E-state index in [1.54, 1.807) is 11.8 Å². The van der Waals surface area contributed by atoms with E-state index in [0.717, 1.165) is 35.4 Å². The molecule has 0 N–H and O–H groups in total. The number of rotatable bonds is 9. The largest absolute Gasteiger partial charge is 0.486 e. The highest BCUT2D eigenvalue weighted by atomic mass is 32.2. The predicted molar refractivity (Wildman–Crippen MR) is 113 cm³/mol. The van der Waals surface area contributed by atoms with Gasteiger partial charge in [-0.1, -0.05) is 44.7 Å². The molecule has 0 unspecified atom stereocenters. The Morgan fingerprint density at radius 3 is 2.50 bits per heavy atom. The molecule has 0 saturated heterocycles. The smallest absolute Gasteiger partial charge is 0.191 e. The van der Waals surface area contributed by atoms with Crippen LogP contribution >= 0.6 is 11.8 Å². The lowest BCUT2D eigenvalue weighted by Gasteiger charge is -2.13. The zero-order chi connectivity index (χ0) is 20.1. The molecule has 28 heavy (non-hydrogen) atoms. The Balaban J connectivity index is 1.70. The molecule has 0 aliphatic carbocycles. The summed E-state index contributed by atoms with van der Waals surface area (Å²) in [6, 6.07) is 8.24. The molecule has 0 aliphatic rings. The Kier molecular flexibility index (Phi) is 6.78. The van der Waals surface area contributed by atoms with Crippen molar-refractivity contribution in [2.75, 3.05) is 0 Å². The molecule has 0 radical (unpaired) electrons. The van der Waals surface area contributed by atoms with E-state index in [-0.39, 0.29) is 0 Å². The van der Waals surface area contributed by atoms with Crippen molar-refractivity contribution in [3.05, 3.63) is 53.1 Å². The Bertz CT molecular complexity index is 898. The van der Waals surface area contributed by atoms with Crippen LogP contribution in [0, 0.1) is 12.8 Å². The first kappa shape index (κ1) is 20.5. The van der Waals surface area contributed by atoms with Gasteiger partial charge in [0.05, 0.1) is 6.20 Å². The summed E-state index contributed by atoms with van der Waals surface area (Å²) in [7, 11) is 1.97. The monoisotopic (exact) mass is 399 g/mol. The normalized spacial score (nSPS) is 11.4. The van der Waals surface area contributed by atoms with Crippen molar-refractivity contribution >= 4 is 11.8 Å². The van der Waals surface area contributed by atoms with Crippen molar-refractivity contribution in [2.45, 2.75) is 58.2 Å². The van der Waals surface area contributed by atoms with Gasteiger partial charge in [0.1, 0.15) is 12.4 Å². The van der Waals surface area contributed by atoms with Gasteiger partial charge in [-0.05, 0) is 37.0 Å². The van der Waals surface area contributed by atoms with Crippen LogP contribution in [-0.4, -0.2) is 24.5 Å². The molecule has 150 valence electrons. The molecule has 7 heteroatoms. The second-order valence-corrected chi connectivity index (χ2v) is 8.30. The fraction of sp³-hybridized carbons (Fsp3) is 0.476. The first-order valence-corrected chi connectivity index (χ1v) is 10.7. The standard InChI is InChI=1S/C21H29N5OS/c1-6-17-7-9-19(10-8-17)27-13-20-23-24-21(26(20)12-15(2)3)28-14-18-11-22-25(5)16(18)4/h7-11,15H,6,12-14H2,1-5H3. The van der Waals surface area contributed by atoms with E-state index >= 15 is 0 Å². The van der Waals surface area contributed by atoms with Crippen LogP contribution in [0.3, 0.4) is 0 Å². The third kappa shape index (κ3) is 4.95. The first-order valence-electron chi connectivity index (χ1n) is 9.72. The highest BCUT2D eigenvalue weighted by Gasteiger charge is 2.15. The molecule has 1 aromatic carbocycles. The molecule has 2 aromatic heterocycles. The predicted octanol–water partition coefficient (Wildman–Crippen LogP) is 4.41. The molecule has 0 spiro atoms. The molecule has 0 bridgehead atoms. The molecule has 6 nitrogen and oxygen atoms in total. The van der Waals surface area contributed by atoms with Gasteiger partial charge in [-0.2, -0.15) is 5.10 Å². The fourth-order valence-corrected chi connectivity index (χ4v) is 3.88. The van der Waals surface area contributed by atoms with Crippen LogP contribution in [0.5, 0.6) is 5.75 Å². The highest BCUT2D eigenvalue weighted by Crippen LogP contribution is 2.25. The van der Waals surface area contributed by atoms with E-state index in [1.807, 2.05) is 30.1 Å². The van der Waals surface area contributed by atoms with E-state index in [4.69, 9.17) is 4.74 Å². The summed E-state index contributed by atoms with van der Waals surface area (Å²) in [6.07, 6.45) is 2.95. The average Bonchev–Trinajstić information content (AvgIpc) is 3.21. The zero-order valence-electron chi connectivity index (χ0n) is 17.3. The minimum absolute atomic E-state index is 0.414. The molecular weight excluding hydrogens is 370 g/mol. The summed E-state index contributed by atoms with van der Waals surface area (Å²) in [4.78, 5) is 0. The Hall–Kier alpha value is -2.28. The van der Waals surface area contributed by atoms with Crippen LogP contribution in [0.15, 0.2) is 35.6 Å². The molecule has 2 heterocycles. The van der Waals surface area contributed by atoms with Gasteiger partial charge in [-0.15, -0.1) is 10.2 Å². The summed E-state index contributed by atoms with van der Waals surface area (Å²) in [6.45, 7) is 9.93. The van der Waals surface area contributed by atoms with Gasteiger partial charge in [0.15, 0.2) is 11.0 Å². The van der Waals surface area contributed by atoms with Gasteiger partial charge in [-0.3, -0.25) is 4.68 Å². The number of aryl methyl sites for hydroxylation is 2. The molecule has 3 rings (SSSR count). The van der Waals surface area contributed by atoms with E-state index < -0.39 is 0 Å². The number of thioether (sulfide) groups is 1. The lowest BCUT2D eigenvalue weighted by Crippen LogP contribution is -2.12. The summed E-state index contributed by atoms with van der Waals surface area (Å²) < 4.78 is 10.0. The van der Waals surface area contributed by atoms with Crippen LogP contribution in [-0.2, 0) is 32.4 Å². The van der Waals surface area contributed by atoms with E-state index in [0.29, 0.717) is 12.5 Å². The molecule has 0 atom stereocenters. The average molecular weight is 400 g/mol. The van der Waals surface area contributed by atoms with Gasteiger partial charge in [0.25, 0.3) is 0 Å². The van der Waals surface area contributed by atoms with E-state index in [9.17, 15) is 0 Å². The lowest BCUT2D eigenvalue weighted by molar-refractivity contribution is 0.284. The second-order valence-electron chi connectivity index (χ2n) is 7.36. The highest BCUT2D eigenvalue weighted by molar-refractivity contribution is 7.98. The quantitative estimate of drug-likeness (QED) is 0.499. The Labute approximate surface area is 171 Å². The maximum atomic E-state index is 5.97. The molecular formula is C21H29N5OS. The minimum Gasteiger partial charge on any atom is -0.486 e. The number of benzene rings is 1. The van der Waals surface area contributed by atoms with Crippen molar-refractivity contribution in [1.29, 1.82) is 0 Å². The maximum Gasteiger partial charge on any atom is 0.191 e. The van der Waals surface area contributed by atoms with Crippen molar-refractivity contribution in [3.8, 4) is 5.75 Å². The van der Waals surface area contributed by atoms with Crippen LogP contribution < -0.4 is 4.74 Å². The third-order valence-electron chi connectivity index (χ3n) is 4.73. The Morgan fingerprint density at radius 1 is 1.14 bits per heavy atom. The Morgan fingerprint density at radius 2 is 1.89 bits per heavy atom. The van der Waals surface area contributed by atoms with Gasteiger partial charge in [0.2, 0.25) is 0 Å². The van der Waals surface area contributed by atoms with Crippen molar-refractivity contribution < 1.29 is 4.74 Å². The first-order chi connectivity index (χ1) is 13.5. The summed E-state index contributed by atoms with van der Waals surface area (Å²) in [5.41, 5.74) is 3.71. The van der Waals surface area contributed by atoms with Crippen LogP contribution in [0.1, 0.15) is 43.4 Å². The number of hydrogen-bond acceptors (Lipinski definition) is 5. The third-order valence-corrected chi connectivity index (χ3v) is 5.75. The molecule has 0 aliphatic heterocycles. The fourth-order valence-electron chi connectivity index (χ4n) is 2.88. The number of nitrogens with zero attached hydrogens (tertiary/aromatic N) is 5. The van der Waals surface area contributed by atoms with Gasteiger partial charge in [0, 0.05) is 30.6 Å². The number of hydrogen-bond donors (Lipinski definition) is 0. The molecule has 0 saturated carbocycles. The minimum atomic E-state index is 0.414.